The number of esters is 1. The zero-order chi connectivity index (χ0) is 45.1. The van der Waals surface area contributed by atoms with Crippen LogP contribution in [0.5, 0.6) is 0 Å². The fourth-order valence-corrected chi connectivity index (χ4v) is 8.45. The van der Waals surface area contributed by atoms with E-state index < -0.39 is 12.1 Å². The van der Waals surface area contributed by atoms with Crippen LogP contribution in [0.3, 0.4) is 0 Å². The molecule has 0 bridgehead atoms. The first-order valence-corrected chi connectivity index (χ1v) is 27.6. The molecule has 6 heteroatoms. The van der Waals surface area contributed by atoms with Crippen molar-refractivity contribution < 1.29 is 24.5 Å². The van der Waals surface area contributed by atoms with Crippen molar-refractivity contribution in [1.82, 2.24) is 5.32 Å². The van der Waals surface area contributed by atoms with Gasteiger partial charge < -0.3 is 20.3 Å². The van der Waals surface area contributed by atoms with Gasteiger partial charge in [-0.2, -0.15) is 0 Å². The topological polar surface area (TPSA) is 95.9 Å². The smallest absolute Gasteiger partial charge is 0.305 e. The number of allylic oxidation sites excluding steroid dienone is 3. The van der Waals surface area contributed by atoms with Gasteiger partial charge in [-0.3, -0.25) is 9.59 Å². The molecule has 0 saturated carbocycles. The maximum atomic E-state index is 12.4. The van der Waals surface area contributed by atoms with Crippen LogP contribution in [-0.2, 0) is 14.3 Å². The van der Waals surface area contributed by atoms with E-state index in [1.54, 1.807) is 6.08 Å². The first kappa shape index (κ1) is 60.3. The second kappa shape index (κ2) is 52.0. The van der Waals surface area contributed by atoms with Crippen molar-refractivity contribution in [2.24, 2.45) is 0 Å². The molecule has 0 saturated heterocycles. The highest BCUT2D eigenvalue weighted by Gasteiger charge is 2.18. The molecule has 6 nitrogen and oxygen atoms in total. The Bertz CT molecular complexity index is 966. The number of aliphatic hydroxyl groups is 2. The Morgan fingerprint density at radius 2 is 0.758 bits per heavy atom. The summed E-state index contributed by atoms with van der Waals surface area (Å²) >= 11 is 0. The van der Waals surface area contributed by atoms with E-state index in [1.807, 2.05) is 6.08 Å². The van der Waals surface area contributed by atoms with Gasteiger partial charge in [0.25, 0.3) is 0 Å². The van der Waals surface area contributed by atoms with Crippen LogP contribution in [-0.4, -0.2) is 47.4 Å². The molecule has 3 N–H and O–H groups in total. The van der Waals surface area contributed by atoms with Crippen molar-refractivity contribution in [3.05, 3.63) is 24.3 Å². The van der Waals surface area contributed by atoms with Gasteiger partial charge in [0.15, 0.2) is 0 Å². The van der Waals surface area contributed by atoms with E-state index in [0.29, 0.717) is 19.4 Å². The van der Waals surface area contributed by atoms with Gasteiger partial charge in [-0.25, -0.2) is 0 Å². The molecule has 0 aromatic carbocycles. The molecule has 0 aliphatic rings. The zero-order valence-corrected chi connectivity index (χ0v) is 41.6. The van der Waals surface area contributed by atoms with Gasteiger partial charge in [-0.1, -0.05) is 250 Å². The number of hydrogen-bond acceptors (Lipinski definition) is 5. The van der Waals surface area contributed by atoms with Crippen molar-refractivity contribution in [3.63, 3.8) is 0 Å². The number of hydrogen-bond donors (Lipinski definition) is 3. The molecule has 0 aliphatic carbocycles. The molecular formula is C56H107NO5. The van der Waals surface area contributed by atoms with Gasteiger partial charge in [0.1, 0.15) is 0 Å². The highest BCUT2D eigenvalue weighted by molar-refractivity contribution is 5.76. The molecule has 0 fully saturated rings. The second-order valence-electron chi connectivity index (χ2n) is 18.9. The van der Waals surface area contributed by atoms with Crippen molar-refractivity contribution in [1.29, 1.82) is 0 Å². The van der Waals surface area contributed by atoms with Crippen LogP contribution in [0.15, 0.2) is 24.3 Å². The molecule has 0 aromatic rings. The summed E-state index contributed by atoms with van der Waals surface area (Å²) in [6, 6.07) is -0.648. The molecule has 62 heavy (non-hydrogen) atoms. The molecule has 0 aromatic heterocycles. The Morgan fingerprint density at radius 1 is 0.435 bits per heavy atom. The molecule has 2 atom stereocenters. The van der Waals surface area contributed by atoms with E-state index in [9.17, 15) is 19.8 Å². The SMILES string of the molecule is CCCCCCCCCCCCCCCCCC/C=C/C(O)C(CO)NC(=O)CCCCC/C=C\CCCCCCCCOC(=O)CCCCCCCCCCCCCCCC. The predicted molar refractivity (Wildman–Crippen MR) is 269 cm³/mol. The summed E-state index contributed by atoms with van der Waals surface area (Å²) in [5.74, 6) is -0.108. The summed E-state index contributed by atoms with van der Waals surface area (Å²) in [6.45, 7) is 4.87. The Balaban J connectivity index is 3.52. The third-order valence-electron chi connectivity index (χ3n) is 12.7. The molecule has 0 heterocycles. The lowest BCUT2D eigenvalue weighted by molar-refractivity contribution is -0.143. The average Bonchev–Trinajstić information content (AvgIpc) is 3.27. The Hall–Kier alpha value is -1.66. The molecule has 2 unspecified atom stereocenters. The summed E-state index contributed by atoms with van der Waals surface area (Å²) < 4.78 is 5.46. The van der Waals surface area contributed by atoms with Crippen LogP contribution in [0, 0.1) is 0 Å². The summed E-state index contributed by atoms with van der Waals surface area (Å²) in [4.78, 5) is 24.5. The van der Waals surface area contributed by atoms with E-state index in [4.69, 9.17) is 4.74 Å². The van der Waals surface area contributed by atoms with Crippen LogP contribution in [0.25, 0.3) is 0 Å². The van der Waals surface area contributed by atoms with Crippen LogP contribution in [0.1, 0.15) is 296 Å². The molecule has 0 radical (unpaired) electrons. The molecular weight excluding hydrogens is 767 g/mol. The normalized spacial score (nSPS) is 12.8. The minimum atomic E-state index is -0.861. The maximum Gasteiger partial charge on any atom is 0.305 e. The molecule has 0 rings (SSSR count). The third-order valence-corrected chi connectivity index (χ3v) is 12.7. The monoisotopic (exact) mass is 874 g/mol. The van der Waals surface area contributed by atoms with Crippen LogP contribution < -0.4 is 5.32 Å². The van der Waals surface area contributed by atoms with Crippen LogP contribution in [0.4, 0.5) is 0 Å². The van der Waals surface area contributed by atoms with Gasteiger partial charge in [-0.15, -0.1) is 0 Å². The van der Waals surface area contributed by atoms with Gasteiger partial charge in [0.2, 0.25) is 5.91 Å². The lowest BCUT2D eigenvalue weighted by Gasteiger charge is -2.19. The zero-order valence-electron chi connectivity index (χ0n) is 41.6. The van der Waals surface area contributed by atoms with Crippen molar-refractivity contribution in [2.45, 2.75) is 309 Å². The van der Waals surface area contributed by atoms with Crippen LogP contribution in [0.2, 0.25) is 0 Å². The second-order valence-corrected chi connectivity index (χ2v) is 18.9. The number of nitrogens with one attached hydrogen (secondary N) is 1. The summed E-state index contributed by atoms with van der Waals surface area (Å²) in [5, 5.41) is 23.1. The summed E-state index contributed by atoms with van der Waals surface area (Å²) in [5.41, 5.74) is 0. The average molecular weight is 874 g/mol. The Kier molecular flexibility index (Phi) is 50.6. The highest BCUT2D eigenvalue weighted by Crippen LogP contribution is 2.16. The minimum absolute atomic E-state index is 0.0116. The maximum absolute atomic E-state index is 12.4. The van der Waals surface area contributed by atoms with Crippen molar-refractivity contribution in [2.75, 3.05) is 13.2 Å². The molecule has 366 valence electrons. The summed E-state index contributed by atoms with van der Waals surface area (Å²) in [7, 11) is 0. The largest absolute Gasteiger partial charge is 0.466 e. The van der Waals surface area contributed by atoms with Crippen LogP contribution >= 0.6 is 0 Å². The van der Waals surface area contributed by atoms with Gasteiger partial charge in [-0.05, 0) is 57.8 Å². The first-order chi connectivity index (χ1) is 30.5. The van der Waals surface area contributed by atoms with E-state index in [1.165, 1.54) is 199 Å². The standard InChI is InChI=1S/C56H107NO5/c1-3-5-7-9-11-13-15-17-19-20-21-22-24-28-32-36-40-44-48-54(59)53(52-58)57-55(60)49-45-41-37-33-29-25-23-27-31-35-39-43-47-51-62-56(61)50-46-42-38-34-30-26-18-16-14-12-10-8-6-4-2/h25,29,44,48,53-54,58-59H,3-24,26-28,30-43,45-47,49-52H2,1-2H3,(H,57,60)/b29-25-,48-44+. The number of carbonyl (C=O) groups is 2. The van der Waals surface area contributed by atoms with Gasteiger partial charge >= 0.3 is 5.97 Å². The minimum Gasteiger partial charge on any atom is -0.466 e. The summed E-state index contributed by atoms with van der Waals surface area (Å²) in [6.07, 6.45) is 61.9. The number of aliphatic hydroxyl groups excluding tert-OH is 2. The third kappa shape index (κ3) is 47.8. The first-order valence-electron chi connectivity index (χ1n) is 27.6. The fourth-order valence-electron chi connectivity index (χ4n) is 8.45. The molecule has 0 spiro atoms. The number of rotatable bonds is 51. The van der Waals surface area contributed by atoms with E-state index in [2.05, 4.69) is 31.3 Å². The van der Waals surface area contributed by atoms with Crippen molar-refractivity contribution >= 4 is 11.9 Å². The van der Waals surface area contributed by atoms with E-state index in [0.717, 1.165) is 70.6 Å². The van der Waals surface area contributed by atoms with E-state index in [-0.39, 0.29) is 18.5 Å². The predicted octanol–water partition coefficient (Wildman–Crippen LogP) is 16.7. The quantitative estimate of drug-likeness (QED) is 0.0321. The van der Waals surface area contributed by atoms with Gasteiger partial charge in [0, 0.05) is 12.8 Å². The highest BCUT2D eigenvalue weighted by atomic mass is 16.5. The number of ether oxygens (including phenoxy) is 1. The van der Waals surface area contributed by atoms with Gasteiger partial charge in [0.05, 0.1) is 25.4 Å². The lowest BCUT2D eigenvalue weighted by Crippen LogP contribution is -2.45. The molecule has 1 amide bonds. The number of amides is 1. The van der Waals surface area contributed by atoms with E-state index >= 15 is 0 Å². The van der Waals surface area contributed by atoms with Crippen molar-refractivity contribution in [3.8, 4) is 0 Å². The Morgan fingerprint density at radius 3 is 1.16 bits per heavy atom. The lowest BCUT2D eigenvalue weighted by atomic mass is 10.0. The molecule has 0 aliphatic heterocycles. The Labute approximate surface area is 386 Å². The number of unbranched alkanes of at least 4 members (excludes halogenated alkanes) is 38. The number of carbonyl (C=O) groups excluding carboxylic acids is 2. The fraction of sp³-hybridized carbons (Fsp3) is 0.893.